The van der Waals surface area contributed by atoms with Crippen molar-refractivity contribution in [3.63, 3.8) is 0 Å². The molecule has 0 spiro atoms. The molecule has 0 atom stereocenters. The molecular weight excluding hydrogens is 270 g/mol. The van der Waals surface area contributed by atoms with E-state index in [1.54, 1.807) is 7.05 Å². The van der Waals surface area contributed by atoms with Gasteiger partial charge in [-0.1, -0.05) is 0 Å². The zero-order chi connectivity index (χ0) is 15.2. The van der Waals surface area contributed by atoms with Crippen molar-refractivity contribution in [3.05, 3.63) is 12.7 Å². The van der Waals surface area contributed by atoms with E-state index in [1.165, 1.54) is 17.3 Å². The molecule has 0 aliphatic rings. The van der Waals surface area contributed by atoms with E-state index in [0.717, 1.165) is 0 Å². The average molecular weight is 287 g/mol. The third-order valence-electron chi connectivity index (χ3n) is 2.80. The van der Waals surface area contributed by atoms with Crippen LogP contribution in [0.1, 0.15) is 20.3 Å². The van der Waals surface area contributed by atoms with Crippen LogP contribution in [0.2, 0.25) is 0 Å². The molecule has 2 aromatic heterocycles. The topological polar surface area (TPSA) is 108 Å². The van der Waals surface area contributed by atoms with Crippen molar-refractivity contribution in [1.29, 1.82) is 5.26 Å². The van der Waals surface area contributed by atoms with Gasteiger partial charge in [-0.2, -0.15) is 30.0 Å². The van der Waals surface area contributed by atoms with Crippen LogP contribution in [0.15, 0.2) is 12.7 Å². The van der Waals surface area contributed by atoms with E-state index in [2.05, 4.69) is 36.4 Å². The van der Waals surface area contributed by atoms with Crippen molar-refractivity contribution in [2.45, 2.75) is 26.3 Å². The molecule has 0 aromatic carbocycles. The quantitative estimate of drug-likeness (QED) is 0.823. The first-order valence-corrected chi connectivity index (χ1v) is 6.58. The minimum Gasteiger partial charge on any atom is -0.357 e. The highest BCUT2D eigenvalue weighted by Gasteiger charge is 2.17. The molecule has 2 heterocycles. The molecule has 21 heavy (non-hydrogen) atoms. The molecule has 0 aliphatic heterocycles. The fraction of sp³-hybridized carbons (Fsp3) is 0.500. The summed E-state index contributed by atoms with van der Waals surface area (Å²) in [6, 6.07) is 2.30. The second-order valence-corrected chi connectivity index (χ2v) is 4.54. The lowest BCUT2D eigenvalue weighted by Crippen LogP contribution is -2.33. The maximum absolute atomic E-state index is 8.78. The minimum atomic E-state index is 0.161. The Bertz CT molecular complexity index is 614. The van der Waals surface area contributed by atoms with E-state index in [4.69, 9.17) is 5.26 Å². The second kappa shape index (κ2) is 6.60. The largest absolute Gasteiger partial charge is 0.357 e. The van der Waals surface area contributed by atoms with E-state index in [-0.39, 0.29) is 6.04 Å². The lowest BCUT2D eigenvalue weighted by Gasteiger charge is -2.26. The van der Waals surface area contributed by atoms with E-state index >= 15 is 0 Å². The Labute approximate surface area is 122 Å². The van der Waals surface area contributed by atoms with Gasteiger partial charge in [-0.3, -0.25) is 0 Å². The number of nitriles is 1. The molecule has 0 unspecified atom stereocenters. The van der Waals surface area contributed by atoms with Gasteiger partial charge in [0.25, 0.3) is 5.95 Å². The highest BCUT2D eigenvalue weighted by Crippen LogP contribution is 2.15. The van der Waals surface area contributed by atoms with Crippen LogP contribution < -0.4 is 10.2 Å². The monoisotopic (exact) mass is 287 g/mol. The molecule has 0 bridgehead atoms. The van der Waals surface area contributed by atoms with Crippen molar-refractivity contribution < 1.29 is 0 Å². The third-order valence-corrected chi connectivity index (χ3v) is 2.80. The van der Waals surface area contributed by atoms with Gasteiger partial charge in [-0.05, 0) is 13.8 Å². The first kappa shape index (κ1) is 14.6. The van der Waals surface area contributed by atoms with Crippen molar-refractivity contribution in [1.82, 2.24) is 29.7 Å². The second-order valence-electron chi connectivity index (χ2n) is 4.54. The average Bonchev–Trinajstić information content (AvgIpc) is 3.01. The van der Waals surface area contributed by atoms with Crippen LogP contribution in [0.5, 0.6) is 0 Å². The van der Waals surface area contributed by atoms with Gasteiger partial charge in [0.1, 0.15) is 12.7 Å². The van der Waals surface area contributed by atoms with Crippen LogP contribution in [0.25, 0.3) is 5.95 Å². The van der Waals surface area contributed by atoms with Crippen LogP contribution in [0.4, 0.5) is 11.9 Å². The number of hydrogen-bond acceptors (Lipinski definition) is 8. The number of aromatic nitrogens is 6. The molecule has 0 radical (unpaired) electrons. The Hall–Kier alpha value is -2.76. The van der Waals surface area contributed by atoms with Gasteiger partial charge in [0, 0.05) is 19.6 Å². The molecule has 2 aromatic rings. The van der Waals surface area contributed by atoms with Crippen molar-refractivity contribution >= 4 is 11.9 Å². The fourth-order valence-electron chi connectivity index (χ4n) is 1.77. The van der Waals surface area contributed by atoms with Gasteiger partial charge in [0.15, 0.2) is 0 Å². The summed E-state index contributed by atoms with van der Waals surface area (Å²) in [4.78, 5) is 18.9. The van der Waals surface area contributed by atoms with Crippen LogP contribution in [-0.4, -0.2) is 49.4 Å². The highest BCUT2D eigenvalue weighted by atomic mass is 15.4. The lowest BCUT2D eigenvalue weighted by molar-refractivity contribution is 0.657. The summed E-state index contributed by atoms with van der Waals surface area (Å²) in [5, 5.41) is 15.7. The summed E-state index contributed by atoms with van der Waals surface area (Å²) < 4.78 is 1.47. The van der Waals surface area contributed by atoms with Crippen LogP contribution in [-0.2, 0) is 0 Å². The molecule has 0 amide bonds. The van der Waals surface area contributed by atoms with Crippen LogP contribution >= 0.6 is 0 Å². The van der Waals surface area contributed by atoms with E-state index < -0.39 is 0 Å². The van der Waals surface area contributed by atoms with Crippen molar-refractivity contribution in [2.75, 3.05) is 23.8 Å². The number of nitrogens with one attached hydrogen (secondary N) is 1. The standard InChI is InChI=1S/C12H17N9/c1-9(2)20(6-4-5-13)11-17-10(14-3)18-12(19-11)21-8-15-7-16-21/h7-9H,4,6H2,1-3H3,(H,14,17,18,19). The summed E-state index contributed by atoms with van der Waals surface area (Å²) in [6.07, 6.45) is 3.34. The zero-order valence-corrected chi connectivity index (χ0v) is 12.2. The zero-order valence-electron chi connectivity index (χ0n) is 12.2. The molecule has 2 rings (SSSR count). The first-order chi connectivity index (χ1) is 10.2. The maximum atomic E-state index is 8.78. The Kier molecular flexibility index (Phi) is 4.61. The fourth-order valence-corrected chi connectivity index (χ4v) is 1.77. The molecule has 1 N–H and O–H groups in total. The predicted octanol–water partition coefficient (Wildman–Crippen LogP) is 0.622. The van der Waals surface area contributed by atoms with Crippen LogP contribution in [0, 0.1) is 11.3 Å². The van der Waals surface area contributed by atoms with E-state index in [0.29, 0.717) is 30.8 Å². The lowest BCUT2D eigenvalue weighted by atomic mass is 10.3. The molecule has 9 nitrogen and oxygen atoms in total. The molecule has 9 heteroatoms. The molecule has 0 saturated carbocycles. The Morgan fingerprint density at radius 3 is 2.76 bits per heavy atom. The summed E-state index contributed by atoms with van der Waals surface area (Å²) in [5.74, 6) is 1.32. The van der Waals surface area contributed by atoms with E-state index in [9.17, 15) is 0 Å². The summed E-state index contributed by atoms with van der Waals surface area (Å²) in [7, 11) is 1.74. The normalized spacial score (nSPS) is 10.4. The molecule has 0 aliphatic carbocycles. The minimum absolute atomic E-state index is 0.161. The maximum Gasteiger partial charge on any atom is 0.258 e. The van der Waals surface area contributed by atoms with Gasteiger partial charge in [0.05, 0.1) is 12.5 Å². The highest BCUT2D eigenvalue weighted by molar-refractivity contribution is 5.40. The number of anilines is 2. The Morgan fingerprint density at radius 1 is 1.38 bits per heavy atom. The molecule has 0 saturated heterocycles. The molecular formula is C12H17N9. The van der Waals surface area contributed by atoms with Crippen molar-refractivity contribution in [3.8, 4) is 12.0 Å². The van der Waals surface area contributed by atoms with Crippen LogP contribution in [0.3, 0.4) is 0 Å². The summed E-state index contributed by atoms with van der Waals surface area (Å²) >= 11 is 0. The van der Waals surface area contributed by atoms with Gasteiger partial charge in [-0.25, -0.2) is 4.98 Å². The van der Waals surface area contributed by atoms with Gasteiger partial charge >= 0.3 is 0 Å². The van der Waals surface area contributed by atoms with Crippen molar-refractivity contribution in [2.24, 2.45) is 0 Å². The SMILES string of the molecule is CNc1nc(N(CCC#N)C(C)C)nc(-n2cncn2)n1. The smallest absolute Gasteiger partial charge is 0.258 e. The number of nitrogens with zero attached hydrogens (tertiary/aromatic N) is 8. The summed E-state index contributed by atoms with van der Waals surface area (Å²) in [5.41, 5.74) is 0. The van der Waals surface area contributed by atoms with Gasteiger partial charge in [0.2, 0.25) is 11.9 Å². The third kappa shape index (κ3) is 3.42. The van der Waals surface area contributed by atoms with E-state index in [1.807, 2.05) is 18.7 Å². The number of rotatable bonds is 6. The number of hydrogen-bond donors (Lipinski definition) is 1. The predicted molar refractivity (Wildman–Crippen MR) is 77.0 cm³/mol. The Balaban J connectivity index is 2.42. The molecule has 110 valence electrons. The molecule has 0 fully saturated rings. The Morgan fingerprint density at radius 2 is 2.19 bits per heavy atom. The van der Waals surface area contributed by atoms with Gasteiger partial charge in [-0.15, -0.1) is 0 Å². The first-order valence-electron chi connectivity index (χ1n) is 6.58. The van der Waals surface area contributed by atoms with Gasteiger partial charge < -0.3 is 10.2 Å². The summed E-state index contributed by atoms with van der Waals surface area (Å²) in [6.45, 7) is 4.60.